The fraction of sp³-hybridized carbons (Fsp3) is 0.529. The number of carbonyl (C=O) groups is 2. The van der Waals surface area contributed by atoms with E-state index in [4.69, 9.17) is 11.6 Å². The molecule has 1 fully saturated rings. The number of sulfonamides is 1. The Labute approximate surface area is 159 Å². The summed E-state index contributed by atoms with van der Waals surface area (Å²) in [6, 6.07) is 4.07. The van der Waals surface area contributed by atoms with E-state index in [0.29, 0.717) is 13.1 Å². The van der Waals surface area contributed by atoms with Gasteiger partial charge in [-0.15, -0.1) is 0 Å². The van der Waals surface area contributed by atoms with Crippen molar-refractivity contribution in [2.75, 3.05) is 19.6 Å². The second-order valence-electron chi connectivity index (χ2n) is 7.24. The first kappa shape index (κ1) is 20.7. The van der Waals surface area contributed by atoms with Crippen molar-refractivity contribution in [2.24, 2.45) is 0 Å². The zero-order valence-corrected chi connectivity index (χ0v) is 16.7. The minimum absolute atomic E-state index is 0.0684. The second-order valence-corrected chi connectivity index (χ2v) is 9.55. The van der Waals surface area contributed by atoms with Crippen molar-refractivity contribution in [3.8, 4) is 0 Å². The van der Waals surface area contributed by atoms with Crippen molar-refractivity contribution in [1.29, 1.82) is 0 Å². The Hall–Kier alpha value is -1.64. The lowest BCUT2D eigenvalue weighted by molar-refractivity contribution is -0.121. The maximum absolute atomic E-state index is 12.7. The average molecular weight is 402 g/mol. The molecule has 2 rings (SSSR count). The van der Waals surface area contributed by atoms with E-state index in [-0.39, 0.29) is 27.9 Å². The third kappa shape index (κ3) is 5.18. The lowest BCUT2D eigenvalue weighted by Gasteiger charge is -2.20. The molecule has 0 aromatic heterocycles. The van der Waals surface area contributed by atoms with Gasteiger partial charge in [-0.25, -0.2) is 8.42 Å². The number of carbonyl (C=O) groups excluding carboxylic acids is 2. The Balaban J connectivity index is 2.13. The molecule has 2 N–H and O–H groups in total. The molecule has 1 aliphatic heterocycles. The largest absolute Gasteiger partial charge is 0.350 e. The van der Waals surface area contributed by atoms with Crippen LogP contribution in [-0.4, -0.2) is 49.7 Å². The van der Waals surface area contributed by atoms with Crippen LogP contribution >= 0.6 is 11.6 Å². The van der Waals surface area contributed by atoms with Gasteiger partial charge in [-0.2, -0.15) is 4.31 Å². The predicted molar refractivity (Wildman–Crippen MR) is 99.7 cm³/mol. The summed E-state index contributed by atoms with van der Waals surface area (Å²) in [4.78, 5) is 24.0. The van der Waals surface area contributed by atoms with E-state index in [0.717, 1.165) is 12.8 Å². The Morgan fingerprint density at radius 2 is 1.81 bits per heavy atom. The first-order chi connectivity index (χ1) is 12.0. The van der Waals surface area contributed by atoms with Crippen LogP contribution in [0.2, 0.25) is 5.02 Å². The van der Waals surface area contributed by atoms with Crippen LogP contribution in [0.1, 0.15) is 44.0 Å². The molecule has 144 valence electrons. The number of amides is 2. The summed E-state index contributed by atoms with van der Waals surface area (Å²) in [6.07, 6.45) is 1.61. The van der Waals surface area contributed by atoms with E-state index >= 15 is 0 Å². The van der Waals surface area contributed by atoms with Crippen LogP contribution in [-0.2, 0) is 14.8 Å². The van der Waals surface area contributed by atoms with Crippen molar-refractivity contribution in [1.82, 2.24) is 14.9 Å². The van der Waals surface area contributed by atoms with Gasteiger partial charge in [0.25, 0.3) is 5.91 Å². The van der Waals surface area contributed by atoms with Crippen LogP contribution < -0.4 is 10.6 Å². The van der Waals surface area contributed by atoms with Crippen LogP contribution in [0.3, 0.4) is 0 Å². The van der Waals surface area contributed by atoms with Gasteiger partial charge in [-0.05, 0) is 51.8 Å². The highest BCUT2D eigenvalue weighted by atomic mass is 35.5. The summed E-state index contributed by atoms with van der Waals surface area (Å²) in [5, 5.41) is 5.29. The summed E-state index contributed by atoms with van der Waals surface area (Å²) in [5.41, 5.74) is -0.269. The smallest absolute Gasteiger partial charge is 0.251 e. The van der Waals surface area contributed by atoms with Gasteiger partial charge in [0.15, 0.2) is 0 Å². The Bertz CT molecular complexity index is 797. The second kappa shape index (κ2) is 7.94. The summed E-state index contributed by atoms with van der Waals surface area (Å²) < 4.78 is 26.8. The molecular weight excluding hydrogens is 378 g/mol. The van der Waals surface area contributed by atoms with E-state index in [1.165, 1.54) is 22.5 Å². The SMILES string of the molecule is CC(C)(C)NC(=O)CNC(=O)c1ccc(Cl)c(S(=O)(=O)N2CCCC2)c1. The van der Waals surface area contributed by atoms with E-state index in [1.807, 2.05) is 20.8 Å². The van der Waals surface area contributed by atoms with E-state index in [1.54, 1.807) is 0 Å². The quantitative estimate of drug-likeness (QED) is 0.785. The molecule has 9 heteroatoms. The number of hydrogen-bond donors (Lipinski definition) is 2. The van der Waals surface area contributed by atoms with Crippen LogP contribution in [0.5, 0.6) is 0 Å². The molecule has 0 spiro atoms. The van der Waals surface area contributed by atoms with Gasteiger partial charge in [0.1, 0.15) is 4.90 Å². The van der Waals surface area contributed by atoms with E-state index in [2.05, 4.69) is 10.6 Å². The Morgan fingerprint density at radius 3 is 2.38 bits per heavy atom. The molecule has 1 aromatic carbocycles. The molecule has 1 aromatic rings. The zero-order chi connectivity index (χ0) is 19.5. The van der Waals surface area contributed by atoms with Gasteiger partial charge in [0, 0.05) is 24.2 Å². The molecule has 0 unspecified atom stereocenters. The summed E-state index contributed by atoms with van der Waals surface area (Å²) in [5.74, 6) is -0.867. The molecule has 1 heterocycles. The normalized spacial score (nSPS) is 15.7. The minimum atomic E-state index is -3.74. The summed E-state index contributed by atoms with van der Waals surface area (Å²) in [6.45, 7) is 6.20. The molecule has 0 atom stereocenters. The number of halogens is 1. The third-order valence-corrected chi connectivity index (χ3v) is 6.18. The van der Waals surface area contributed by atoms with Gasteiger partial charge in [0.05, 0.1) is 11.6 Å². The number of nitrogens with one attached hydrogen (secondary N) is 2. The Morgan fingerprint density at radius 1 is 1.19 bits per heavy atom. The number of benzene rings is 1. The molecule has 0 aliphatic carbocycles. The zero-order valence-electron chi connectivity index (χ0n) is 15.1. The predicted octanol–water partition coefficient (Wildman–Crippen LogP) is 1.77. The molecule has 0 saturated carbocycles. The summed E-state index contributed by atoms with van der Waals surface area (Å²) >= 11 is 6.06. The topological polar surface area (TPSA) is 95.6 Å². The lowest BCUT2D eigenvalue weighted by Crippen LogP contribution is -2.45. The fourth-order valence-electron chi connectivity index (χ4n) is 2.63. The third-order valence-electron chi connectivity index (χ3n) is 3.80. The average Bonchev–Trinajstić information content (AvgIpc) is 3.06. The van der Waals surface area contributed by atoms with Gasteiger partial charge < -0.3 is 10.6 Å². The lowest BCUT2D eigenvalue weighted by atomic mass is 10.1. The van der Waals surface area contributed by atoms with Gasteiger partial charge >= 0.3 is 0 Å². The molecular formula is C17H24ClN3O4S. The van der Waals surface area contributed by atoms with Crippen LogP contribution in [0.4, 0.5) is 0 Å². The maximum atomic E-state index is 12.7. The van der Waals surface area contributed by atoms with E-state index in [9.17, 15) is 18.0 Å². The van der Waals surface area contributed by atoms with Gasteiger partial charge in [0.2, 0.25) is 15.9 Å². The van der Waals surface area contributed by atoms with Crippen molar-refractivity contribution < 1.29 is 18.0 Å². The van der Waals surface area contributed by atoms with Gasteiger partial charge in [-0.1, -0.05) is 11.6 Å². The van der Waals surface area contributed by atoms with Crippen molar-refractivity contribution in [2.45, 2.75) is 44.0 Å². The molecule has 2 amide bonds. The highest BCUT2D eigenvalue weighted by molar-refractivity contribution is 7.89. The molecule has 7 nitrogen and oxygen atoms in total. The first-order valence-electron chi connectivity index (χ1n) is 8.39. The maximum Gasteiger partial charge on any atom is 0.251 e. The number of hydrogen-bond acceptors (Lipinski definition) is 4. The summed E-state index contributed by atoms with van der Waals surface area (Å²) in [7, 11) is -3.74. The molecule has 0 radical (unpaired) electrons. The molecule has 1 saturated heterocycles. The minimum Gasteiger partial charge on any atom is -0.350 e. The first-order valence-corrected chi connectivity index (χ1v) is 10.2. The van der Waals surface area contributed by atoms with E-state index < -0.39 is 21.5 Å². The van der Waals surface area contributed by atoms with Crippen molar-refractivity contribution in [3.05, 3.63) is 28.8 Å². The standard InChI is InChI=1S/C17H24ClN3O4S/c1-17(2,3)20-15(22)11-19-16(23)12-6-7-13(18)14(10-12)26(24,25)21-8-4-5-9-21/h6-7,10H,4-5,8-9,11H2,1-3H3,(H,19,23)(H,20,22). The van der Waals surface area contributed by atoms with Crippen molar-refractivity contribution >= 4 is 33.4 Å². The molecule has 1 aliphatic rings. The number of nitrogens with zero attached hydrogens (tertiary/aromatic N) is 1. The van der Waals surface area contributed by atoms with Crippen LogP contribution in [0.15, 0.2) is 23.1 Å². The highest BCUT2D eigenvalue weighted by Crippen LogP contribution is 2.28. The van der Waals surface area contributed by atoms with Gasteiger partial charge in [-0.3, -0.25) is 9.59 Å². The number of rotatable bonds is 5. The fourth-order valence-corrected chi connectivity index (χ4v) is 4.65. The highest BCUT2D eigenvalue weighted by Gasteiger charge is 2.29. The Kier molecular flexibility index (Phi) is 6.31. The van der Waals surface area contributed by atoms with Crippen LogP contribution in [0.25, 0.3) is 0 Å². The van der Waals surface area contributed by atoms with Crippen LogP contribution in [0, 0.1) is 0 Å². The molecule has 0 bridgehead atoms. The van der Waals surface area contributed by atoms with Crippen molar-refractivity contribution in [3.63, 3.8) is 0 Å². The molecule has 26 heavy (non-hydrogen) atoms. The monoisotopic (exact) mass is 401 g/mol.